The van der Waals surface area contributed by atoms with Gasteiger partial charge in [-0.2, -0.15) is 0 Å². The van der Waals surface area contributed by atoms with Gasteiger partial charge in [-0.3, -0.25) is 9.59 Å². The molecule has 1 atom stereocenters. The van der Waals surface area contributed by atoms with Gasteiger partial charge in [0.05, 0.1) is 0 Å². The Hall–Kier alpha value is -2.76. The summed E-state index contributed by atoms with van der Waals surface area (Å²) in [6.45, 7) is 5.50. The van der Waals surface area contributed by atoms with Crippen LogP contribution in [0, 0.1) is 0 Å². The van der Waals surface area contributed by atoms with Crippen molar-refractivity contribution in [1.29, 1.82) is 0 Å². The van der Waals surface area contributed by atoms with Crippen molar-refractivity contribution in [3.8, 4) is 5.75 Å². The number of nitrogens with one attached hydrogen (secondary N) is 1. The van der Waals surface area contributed by atoms with Crippen molar-refractivity contribution in [2.24, 2.45) is 0 Å². The molecule has 0 saturated heterocycles. The zero-order valence-electron chi connectivity index (χ0n) is 19.0. The lowest BCUT2D eigenvalue weighted by atomic mass is 10.1. The van der Waals surface area contributed by atoms with E-state index in [0.717, 1.165) is 10.8 Å². The molecule has 0 spiro atoms. The van der Waals surface area contributed by atoms with E-state index < -0.39 is 6.04 Å². The second kappa shape index (κ2) is 11.4. The molecule has 0 aliphatic heterocycles. The van der Waals surface area contributed by atoms with Gasteiger partial charge in [-0.15, -0.1) is 0 Å². The molecule has 3 aromatic carbocycles. The number of halogens is 2. The van der Waals surface area contributed by atoms with Crippen LogP contribution in [0.4, 0.5) is 0 Å². The smallest absolute Gasteiger partial charge is 0.261 e. The van der Waals surface area contributed by atoms with Crippen molar-refractivity contribution in [3.63, 3.8) is 0 Å². The highest BCUT2D eigenvalue weighted by Gasteiger charge is 2.30. The number of nitrogens with zero attached hydrogens (tertiary/aromatic N) is 1. The van der Waals surface area contributed by atoms with Crippen LogP contribution < -0.4 is 10.1 Å². The molecule has 0 fully saturated rings. The zero-order valence-corrected chi connectivity index (χ0v) is 20.5. The SMILES string of the molecule is CC[C@H](C(=O)NC(C)C)N(Cc1c(Cl)cccc1Cl)C(=O)COc1cccc2ccccc12. The first kappa shape index (κ1) is 24.9. The van der Waals surface area contributed by atoms with Gasteiger partial charge in [0, 0.05) is 33.6 Å². The van der Waals surface area contributed by atoms with Crippen LogP contribution in [0.15, 0.2) is 60.7 Å². The second-order valence-electron chi connectivity index (χ2n) is 8.08. The van der Waals surface area contributed by atoms with E-state index in [1.807, 2.05) is 63.2 Å². The molecule has 1 N–H and O–H groups in total. The number of rotatable bonds is 9. The van der Waals surface area contributed by atoms with Gasteiger partial charge in [0.25, 0.3) is 5.91 Å². The van der Waals surface area contributed by atoms with E-state index in [2.05, 4.69) is 5.32 Å². The number of ether oxygens (including phenoxy) is 1. The van der Waals surface area contributed by atoms with E-state index in [0.29, 0.717) is 27.8 Å². The van der Waals surface area contributed by atoms with Crippen molar-refractivity contribution >= 4 is 45.8 Å². The highest BCUT2D eigenvalue weighted by Crippen LogP contribution is 2.28. The molecule has 174 valence electrons. The summed E-state index contributed by atoms with van der Waals surface area (Å²) in [4.78, 5) is 27.8. The van der Waals surface area contributed by atoms with E-state index in [9.17, 15) is 9.59 Å². The number of fused-ring (bicyclic) bond motifs is 1. The van der Waals surface area contributed by atoms with Crippen LogP contribution >= 0.6 is 23.2 Å². The minimum atomic E-state index is -0.691. The Bertz CT molecular complexity index is 1110. The Balaban J connectivity index is 1.88. The summed E-state index contributed by atoms with van der Waals surface area (Å²) in [7, 11) is 0. The number of amides is 2. The number of benzene rings is 3. The maximum atomic E-state index is 13.4. The van der Waals surface area contributed by atoms with E-state index in [1.165, 1.54) is 4.90 Å². The van der Waals surface area contributed by atoms with Crippen molar-refractivity contribution in [3.05, 3.63) is 76.3 Å². The zero-order chi connectivity index (χ0) is 24.0. The minimum Gasteiger partial charge on any atom is -0.483 e. The molecule has 0 aliphatic carbocycles. The molecule has 3 rings (SSSR count). The fraction of sp³-hybridized carbons (Fsp3) is 0.308. The second-order valence-corrected chi connectivity index (χ2v) is 8.89. The first-order chi connectivity index (χ1) is 15.8. The summed E-state index contributed by atoms with van der Waals surface area (Å²) < 4.78 is 5.93. The highest BCUT2D eigenvalue weighted by atomic mass is 35.5. The third kappa shape index (κ3) is 6.18. The highest BCUT2D eigenvalue weighted by molar-refractivity contribution is 6.36. The Morgan fingerprint density at radius 1 is 0.970 bits per heavy atom. The molecule has 5 nitrogen and oxygen atoms in total. The number of hydrogen-bond acceptors (Lipinski definition) is 3. The van der Waals surface area contributed by atoms with Crippen LogP contribution in [-0.2, 0) is 16.1 Å². The lowest BCUT2D eigenvalue weighted by molar-refractivity contribution is -0.143. The molecule has 0 heterocycles. The van der Waals surface area contributed by atoms with E-state index >= 15 is 0 Å². The van der Waals surface area contributed by atoms with Crippen LogP contribution in [0.1, 0.15) is 32.8 Å². The molecule has 0 saturated carbocycles. The van der Waals surface area contributed by atoms with Gasteiger partial charge < -0.3 is 15.0 Å². The Morgan fingerprint density at radius 3 is 2.27 bits per heavy atom. The third-order valence-corrected chi connectivity index (χ3v) is 6.02. The molecular weight excluding hydrogens is 459 g/mol. The van der Waals surface area contributed by atoms with Gasteiger partial charge in [-0.25, -0.2) is 0 Å². The fourth-order valence-electron chi connectivity index (χ4n) is 3.70. The third-order valence-electron chi connectivity index (χ3n) is 5.31. The van der Waals surface area contributed by atoms with Gasteiger partial charge >= 0.3 is 0 Å². The Morgan fingerprint density at radius 2 is 1.61 bits per heavy atom. The summed E-state index contributed by atoms with van der Waals surface area (Å²) in [5.74, 6) is 0.0516. The van der Waals surface area contributed by atoms with E-state index in [-0.39, 0.29) is 31.0 Å². The molecular formula is C26H28Cl2N2O3. The van der Waals surface area contributed by atoms with Crippen LogP contribution in [0.25, 0.3) is 10.8 Å². The Kier molecular flexibility index (Phi) is 8.59. The summed E-state index contributed by atoms with van der Waals surface area (Å²) in [6.07, 6.45) is 0.431. The minimum absolute atomic E-state index is 0.0562. The van der Waals surface area contributed by atoms with Gasteiger partial charge in [0.1, 0.15) is 11.8 Å². The standard InChI is InChI=1S/C26H28Cl2N2O3/c1-4-23(26(32)29-17(2)3)30(15-20-21(27)12-8-13-22(20)28)25(31)16-33-24-14-7-10-18-9-5-6-11-19(18)24/h5-14,17,23H,4,15-16H2,1-3H3,(H,29,32)/t23-/m1/s1. The van der Waals surface area contributed by atoms with Crippen LogP contribution in [0.5, 0.6) is 5.75 Å². The van der Waals surface area contributed by atoms with Crippen LogP contribution in [0.2, 0.25) is 10.0 Å². The van der Waals surface area contributed by atoms with Gasteiger partial charge in [-0.1, -0.05) is 72.6 Å². The molecule has 0 radical (unpaired) electrons. The molecule has 0 unspecified atom stereocenters. The monoisotopic (exact) mass is 486 g/mol. The lowest BCUT2D eigenvalue weighted by Gasteiger charge is -2.31. The summed E-state index contributed by atoms with van der Waals surface area (Å²) in [5.41, 5.74) is 0.593. The molecule has 2 amide bonds. The number of carbonyl (C=O) groups excluding carboxylic acids is 2. The lowest BCUT2D eigenvalue weighted by Crippen LogP contribution is -2.51. The summed E-state index contributed by atoms with van der Waals surface area (Å²) in [6, 6.07) is 17.9. The molecule has 7 heteroatoms. The topological polar surface area (TPSA) is 58.6 Å². The van der Waals surface area contributed by atoms with E-state index in [4.69, 9.17) is 27.9 Å². The maximum absolute atomic E-state index is 13.4. The molecule has 0 aromatic heterocycles. The van der Waals surface area contributed by atoms with E-state index in [1.54, 1.807) is 18.2 Å². The first-order valence-corrected chi connectivity index (χ1v) is 11.7. The molecule has 0 aliphatic rings. The molecule has 0 bridgehead atoms. The molecule has 33 heavy (non-hydrogen) atoms. The largest absolute Gasteiger partial charge is 0.483 e. The Labute approximate surface area is 204 Å². The van der Waals surface area contributed by atoms with Gasteiger partial charge in [-0.05, 0) is 43.9 Å². The van der Waals surface area contributed by atoms with Gasteiger partial charge in [0.15, 0.2) is 6.61 Å². The average Bonchev–Trinajstić information content (AvgIpc) is 2.78. The van der Waals surface area contributed by atoms with Crippen LogP contribution in [0.3, 0.4) is 0 Å². The quantitative estimate of drug-likeness (QED) is 0.412. The number of carbonyl (C=O) groups is 2. The predicted molar refractivity (Wildman–Crippen MR) is 134 cm³/mol. The first-order valence-electron chi connectivity index (χ1n) is 10.9. The summed E-state index contributed by atoms with van der Waals surface area (Å²) >= 11 is 12.7. The number of hydrogen-bond donors (Lipinski definition) is 1. The normalized spacial score (nSPS) is 11.9. The van der Waals surface area contributed by atoms with Crippen molar-refractivity contribution in [2.75, 3.05) is 6.61 Å². The average molecular weight is 487 g/mol. The molecule has 3 aromatic rings. The van der Waals surface area contributed by atoms with Crippen molar-refractivity contribution < 1.29 is 14.3 Å². The van der Waals surface area contributed by atoms with Gasteiger partial charge in [0.2, 0.25) is 5.91 Å². The summed E-state index contributed by atoms with van der Waals surface area (Å²) in [5, 5.41) is 5.71. The fourth-order valence-corrected chi connectivity index (χ4v) is 4.21. The van der Waals surface area contributed by atoms with Crippen molar-refractivity contribution in [2.45, 2.75) is 45.8 Å². The van der Waals surface area contributed by atoms with Crippen LogP contribution in [-0.4, -0.2) is 35.4 Å². The van der Waals surface area contributed by atoms with Crippen molar-refractivity contribution in [1.82, 2.24) is 10.2 Å². The predicted octanol–water partition coefficient (Wildman–Crippen LogP) is 5.86. The maximum Gasteiger partial charge on any atom is 0.261 e.